The molecule has 0 spiro atoms. The maximum atomic E-state index is 13.9. The van der Waals surface area contributed by atoms with Crippen LogP contribution in [0.2, 0.25) is 0 Å². The largest absolute Gasteiger partial charge is 0.455 e. The number of nitrogens with one attached hydrogen (secondary N) is 1. The standard InChI is InChI=1S/C20H18FN3O6/c1-12-8-14(24(28)29)6-7-16(12)22-18(25)11-30-20(27)13-9-19(26)23(10-13)17-5-3-2-4-15(17)21/h2-8,13H,9-11H2,1H3,(H,22,25)/t13-/m1/s1. The first-order valence-electron chi connectivity index (χ1n) is 9.02. The number of nitro benzene ring substituents is 1. The van der Waals surface area contributed by atoms with Crippen LogP contribution in [0.25, 0.3) is 0 Å². The third-order valence-electron chi connectivity index (χ3n) is 4.64. The van der Waals surface area contributed by atoms with Crippen LogP contribution in [0.1, 0.15) is 12.0 Å². The number of esters is 1. The van der Waals surface area contributed by atoms with Gasteiger partial charge >= 0.3 is 5.97 Å². The number of hydrogen-bond donors (Lipinski definition) is 1. The fourth-order valence-corrected chi connectivity index (χ4v) is 3.11. The van der Waals surface area contributed by atoms with Gasteiger partial charge < -0.3 is 15.0 Å². The van der Waals surface area contributed by atoms with Crippen LogP contribution in [0.4, 0.5) is 21.5 Å². The lowest BCUT2D eigenvalue weighted by Crippen LogP contribution is -2.28. The predicted octanol–water partition coefficient (Wildman–Crippen LogP) is 2.58. The molecule has 0 bridgehead atoms. The number of non-ortho nitro benzene ring substituents is 1. The Balaban J connectivity index is 1.54. The summed E-state index contributed by atoms with van der Waals surface area (Å²) in [4.78, 5) is 47.8. The number of halogens is 1. The average Bonchev–Trinajstić information content (AvgIpc) is 3.09. The minimum absolute atomic E-state index is 0.0400. The summed E-state index contributed by atoms with van der Waals surface area (Å²) in [6, 6.07) is 9.69. The maximum absolute atomic E-state index is 13.9. The van der Waals surface area contributed by atoms with Crippen LogP contribution in [-0.4, -0.2) is 35.9 Å². The predicted molar refractivity (Wildman–Crippen MR) is 104 cm³/mol. The zero-order chi connectivity index (χ0) is 21.8. The lowest BCUT2D eigenvalue weighted by molar-refractivity contribution is -0.384. The minimum Gasteiger partial charge on any atom is -0.455 e. The fourth-order valence-electron chi connectivity index (χ4n) is 3.11. The van der Waals surface area contributed by atoms with E-state index in [1.54, 1.807) is 13.0 Å². The molecule has 156 valence electrons. The van der Waals surface area contributed by atoms with E-state index in [1.165, 1.54) is 41.3 Å². The Kier molecular flexibility index (Phi) is 6.05. The summed E-state index contributed by atoms with van der Waals surface area (Å²) in [6.45, 7) is 0.970. The highest BCUT2D eigenvalue weighted by molar-refractivity contribution is 6.00. The number of para-hydroxylation sites is 1. The normalized spacial score (nSPS) is 15.7. The molecule has 1 fully saturated rings. The third-order valence-corrected chi connectivity index (χ3v) is 4.64. The van der Waals surface area contributed by atoms with Gasteiger partial charge in [-0.3, -0.25) is 24.5 Å². The van der Waals surface area contributed by atoms with Crippen molar-refractivity contribution in [3.8, 4) is 0 Å². The van der Waals surface area contributed by atoms with Gasteiger partial charge in [-0.1, -0.05) is 12.1 Å². The van der Waals surface area contributed by atoms with Gasteiger partial charge in [0.05, 0.1) is 16.5 Å². The molecular formula is C20H18FN3O6. The highest BCUT2D eigenvalue weighted by atomic mass is 19.1. The number of amides is 2. The van der Waals surface area contributed by atoms with Crippen molar-refractivity contribution in [2.75, 3.05) is 23.4 Å². The second-order valence-electron chi connectivity index (χ2n) is 6.77. The molecule has 1 N–H and O–H groups in total. The van der Waals surface area contributed by atoms with E-state index in [2.05, 4.69) is 5.32 Å². The van der Waals surface area contributed by atoms with Crippen LogP contribution >= 0.6 is 0 Å². The van der Waals surface area contributed by atoms with E-state index in [0.717, 1.165) is 0 Å². The second kappa shape index (κ2) is 8.68. The minimum atomic E-state index is -0.814. The van der Waals surface area contributed by atoms with Gasteiger partial charge in [0.2, 0.25) is 5.91 Å². The van der Waals surface area contributed by atoms with Crippen LogP contribution < -0.4 is 10.2 Å². The van der Waals surface area contributed by atoms with E-state index in [4.69, 9.17) is 4.74 Å². The van der Waals surface area contributed by atoms with Crippen LogP contribution in [0, 0.1) is 28.8 Å². The van der Waals surface area contributed by atoms with Crippen LogP contribution in [0.5, 0.6) is 0 Å². The topological polar surface area (TPSA) is 119 Å². The van der Waals surface area contributed by atoms with E-state index in [1.807, 2.05) is 0 Å². The summed E-state index contributed by atoms with van der Waals surface area (Å²) < 4.78 is 18.9. The highest BCUT2D eigenvalue weighted by Gasteiger charge is 2.37. The monoisotopic (exact) mass is 415 g/mol. The molecule has 9 nitrogen and oxygen atoms in total. The van der Waals surface area contributed by atoms with E-state index < -0.39 is 41.0 Å². The lowest BCUT2D eigenvalue weighted by atomic mass is 10.1. The molecule has 10 heteroatoms. The Labute approximate surface area is 170 Å². The molecule has 3 rings (SSSR count). The SMILES string of the molecule is Cc1cc([N+](=O)[O-])ccc1NC(=O)COC(=O)[C@@H]1CC(=O)N(c2ccccc2F)C1. The Morgan fingerprint density at radius 1 is 1.30 bits per heavy atom. The van der Waals surface area contributed by atoms with E-state index in [0.29, 0.717) is 11.3 Å². The smallest absolute Gasteiger partial charge is 0.311 e. The van der Waals surface area contributed by atoms with Gasteiger partial charge in [-0.15, -0.1) is 0 Å². The highest BCUT2D eigenvalue weighted by Crippen LogP contribution is 2.28. The molecule has 2 aromatic rings. The first-order chi connectivity index (χ1) is 14.3. The number of anilines is 2. The molecule has 0 aromatic heterocycles. The number of aryl methyl sites for hydroxylation is 1. The molecule has 1 saturated heterocycles. The van der Waals surface area contributed by atoms with Crippen molar-refractivity contribution >= 4 is 34.8 Å². The summed E-state index contributed by atoms with van der Waals surface area (Å²) in [5.41, 5.74) is 0.806. The van der Waals surface area contributed by atoms with Crippen molar-refractivity contribution in [2.45, 2.75) is 13.3 Å². The number of nitro groups is 1. The summed E-state index contributed by atoms with van der Waals surface area (Å²) >= 11 is 0. The van der Waals surface area contributed by atoms with Gasteiger partial charge in [0.25, 0.3) is 11.6 Å². The third kappa shape index (κ3) is 4.59. The van der Waals surface area contributed by atoms with Gasteiger partial charge in [0.1, 0.15) is 5.82 Å². The van der Waals surface area contributed by atoms with Crippen molar-refractivity contribution < 1.29 is 28.4 Å². The molecule has 0 aliphatic carbocycles. The van der Waals surface area contributed by atoms with Crippen LogP contribution in [0.3, 0.4) is 0 Å². The second-order valence-corrected chi connectivity index (χ2v) is 6.77. The summed E-state index contributed by atoms with van der Waals surface area (Å²) in [5, 5.41) is 13.3. The van der Waals surface area contributed by atoms with Crippen LogP contribution in [0.15, 0.2) is 42.5 Å². The molecular weight excluding hydrogens is 397 g/mol. The van der Waals surface area contributed by atoms with Crippen molar-refractivity contribution in [1.29, 1.82) is 0 Å². The number of ether oxygens (including phenoxy) is 1. The molecule has 2 amide bonds. The van der Waals surface area contributed by atoms with E-state index in [9.17, 15) is 28.9 Å². The summed E-state index contributed by atoms with van der Waals surface area (Å²) in [5.74, 6) is -3.16. The number of benzene rings is 2. The zero-order valence-corrected chi connectivity index (χ0v) is 16.0. The first-order valence-corrected chi connectivity index (χ1v) is 9.02. The summed E-state index contributed by atoms with van der Waals surface area (Å²) in [6.07, 6.45) is -0.143. The lowest BCUT2D eigenvalue weighted by Gasteiger charge is -2.17. The van der Waals surface area contributed by atoms with Gasteiger partial charge in [-0.25, -0.2) is 4.39 Å². The number of carbonyl (C=O) groups excluding carboxylic acids is 3. The fraction of sp³-hybridized carbons (Fsp3) is 0.250. The van der Waals surface area contributed by atoms with E-state index in [-0.39, 0.29) is 24.3 Å². The Bertz CT molecular complexity index is 1030. The van der Waals surface area contributed by atoms with Crippen molar-refractivity contribution in [3.05, 3.63) is 64.0 Å². The average molecular weight is 415 g/mol. The number of carbonyl (C=O) groups is 3. The van der Waals surface area contributed by atoms with Gasteiger partial charge in [0, 0.05) is 30.8 Å². The molecule has 0 unspecified atom stereocenters. The molecule has 1 aliphatic rings. The molecule has 1 heterocycles. The first kappa shape index (κ1) is 20.9. The molecule has 0 radical (unpaired) electrons. The summed E-state index contributed by atoms with van der Waals surface area (Å²) in [7, 11) is 0. The molecule has 1 atom stereocenters. The van der Waals surface area contributed by atoms with Crippen LogP contribution in [-0.2, 0) is 19.1 Å². The zero-order valence-electron chi connectivity index (χ0n) is 16.0. The molecule has 0 saturated carbocycles. The van der Waals surface area contributed by atoms with Crippen molar-refractivity contribution in [3.63, 3.8) is 0 Å². The van der Waals surface area contributed by atoms with Gasteiger partial charge in [0.15, 0.2) is 6.61 Å². The number of rotatable bonds is 6. The molecule has 30 heavy (non-hydrogen) atoms. The maximum Gasteiger partial charge on any atom is 0.311 e. The Morgan fingerprint density at radius 3 is 2.70 bits per heavy atom. The molecule has 1 aliphatic heterocycles. The number of hydrogen-bond acceptors (Lipinski definition) is 6. The quantitative estimate of drug-likeness (QED) is 0.440. The Hall–Kier alpha value is -3.82. The van der Waals surface area contributed by atoms with Crippen molar-refractivity contribution in [1.82, 2.24) is 0 Å². The Morgan fingerprint density at radius 2 is 2.03 bits per heavy atom. The van der Waals surface area contributed by atoms with Crippen molar-refractivity contribution in [2.24, 2.45) is 5.92 Å². The number of nitrogens with zero attached hydrogens (tertiary/aromatic N) is 2. The van der Waals surface area contributed by atoms with E-state index >= 15 is 0 Å². The van der Waals surface area contributed by atoms with Gasteiger partial charge in [-0.05, 0) is 30.7 Å². The van der Waals surface area contributed by atoms with Gasteiger partial charge in [-0.2, -0.15) is 0 Å². The molecule has 2 aromatic carbocycles.